The molecule has 1 aliphatic heterocycles. The SMILES string of the molecule is C=CCn1c(=NC(=O)c2ccc(S(=O)(=O)N3CCC[C@@H](C)C3)cc2)sc2cc(S(N)(=O)=O)ccc21. The van der Waals surface area contributed by atoms with Crippen molar-refractivity contribution in [2.75, 3.05) is 13.1 Å². The van der Waals surface area contributed by atoms with Gasteiger partial charge in [0.2, 0.25) is 20.0 Å². The number of nitrogens with two attached hydrogens (primary N) is 1. The molecule has 2 N–H and O–H groups in total. The number of carbonyl (C=O) groups is 1. The first kappa shape index (κ1) is 25.5. The third-order valence-corrected chi connectivity index (χ3v) is 9.68. The fraction of sp³-hybridized carbons (Fsp3) is 0.304. The summed E-state index contributed by atoms with van der Waals surface area (Å²) in [6, 6.07) is 10.2. The van der Waals surface area contributed by atoms with Crippen LogP contribution in [0.4, 0.5) is 0 Å². The number of allylic oxidation sites excluding steroid dienone is 1. The van der Waals surface area contributed by atoms with Crippen LogP contribution in [0, 0.1) is 5.92 Å². The minimum Gasteiger partial charge on any atom is -0.312 e. The average molecular weight is 535 g/mol. The molecule has 35 heavy (non-hydrogen) atoms. The minimum atomic E-state index is -3.88. The molecule has 3 aromatic rings. The van der Waals surface area contributed by atoms with Crippen molar-refractivity contribution in [1.29, 1.82) is 0 Å². The van der Waals surface area contributed by atoms with E-state index >= 15 is 0 Å². The van der Waals surface area contributed by atoms with Crippen LogP contribution in [0.2, 0.25) is 0 Å². The van der Waals surface area contributed by atoms with E-state index < -0.39 is 26.0 Å². The van der Waals surface area contributed by atoms with Gasteiger partial charge in [0, 0.05) is 25.2 Å². The molecule has 0 saturated carbocycles. The zero-order chi connectivity index (χ0) is 25.4. The van der Waals surface area contributed by atoms with E-state index in [0.29, 0.717) is 40.6 Å². The zero-order valence-corrected chi connectivity index (χ0v) is 21.6. The molecule has 2 heterocycles. The predicted molar refractivity (Wildman–Crippen MR) is 135 cm³/mol. The molecule has 186 valence electrons. The van der Waals surface area contributed by atoms with Crippen LogP contribution in [0.1, 0.15) is 30.1 Å². The number of amides is 1. The lowest BCUT2D eigenvalue weighted by Gasteiger charge is -2.30. The highest BCUT2D eigenvalue weighted by molar-refractivity contribution is 7.89. The summed E-state index contributed by atoms with van der Waals surface area (Å²) >= 11 is 1.15. The fourth-order valence-corrected chi connectivity index (χ4v) is 7.35. The summed E-state index contributed by atoms with van der Waals surface area (Å²) in [5, 5.41) is 5.24. The number of fused-ring (bicyclic) bond motifs is 1. The Morgan fingerprint density at radius 2 is 1.86 bits per heavy atom. The van der Waals surface area contributed by atoms with Crippen LogP contribution >= 0.6 is 11.3 Å². The first-order valence-corrected chi connectivity index (χ1v) is 14.8. The molecular formula is C23H26N4O5S3. The maximum atomic E-state index is 13.0. The van der Waals surface area contributed by atoms with Crippen molar-refractivity contribution in [2.45, 2.75) is 36.1 Å². The van der Waals surface area contributed by atoms with Gasteiger partial charge in [0.25, 0.3) is 5.91 Å². The summed E-state index contributed by atoms with van der Waals surface area (Å²) < 4.78 is 53.2. The number of carbonyl (C=O) groups excluding carboxylic acids is 1. The summed E-state index contributed by atoms with van der Waals surface area (Å²) in [7, 11) is -7.50. The van der Waals surface area contributed by atoms with E-state index in [1.165, 1.54) is 40.7 Å². The Bertz CT molecular complexity index is 1570. The van der Waals surface area contributed by atoms with Crippen molar-refractivity contribution < 1.29 is 21.6 Å². The molecule has 1 amide bonds. The van der Waals surface area contributed by atoms with Gasteiger partial charge in [0.15, 0.2) is 4.80 Å². The molecule has 1 fully saturated rings. The van der Waals surface area contributed by atoms with Gasteiger partial charge in [-0.2, -0.15) is 9.30 Å². The van der Waals surface area contributed by atoms with Crippen LogP contribution in [-0.2, 0) is 26.6 Å². The number of piperidine rings is 1. The largest absolute Gasteiger partial charge is 0.312 e. The highest BCUT2D eigenvalue weighted by atomic mass is 32.2. The van der Waals surface area contributed by atoms with Crippen LogP contribution in [0.3, 0.4) is 0 Å². The van der Waals surface area contributed by atoms with E-state index in [1.807, 2.05) is 6.92 Å². The van der Waals surface area contributed by atoms with E-state index in [0.717, 1.165) is 24.2 Å². The third kappa shape index (κ3) is 5.31. The Morgan fingerprint density at radius 3 is 2.49 bits per heavy atom. The number of hydrogen-bond acceptors (Lipinski definition) is 6. The molecule has 1 saturated heterocycles. The lowest BCUT2D eigenvalue weighted by atomic mass is 10.0. The normalized spacial score (nSPS) is 18.1. The van der Waals surface area contributed by atoms with Gasteiger partial charge in [-0.15, -0.1) is 6.58 Å². The molecule has 0 radical (unpaired) electrons. The lowest BCUT2D eigenvalue weighted by molar-refractivity contribution is 0.0997. The monoisotopic (exact) mass is 534 g/mol. The smallest absolute Gasteiger partial charge is 0.279 e. The molecule has 0 unspecified atom stereocenters. The topological polar surface area (TPSA) is 132 Å². The number of sulfonamides is 2. The minimum absolute atomic E-state index is 0.0326. The Morgan fingerprint density at radius 1 is 1.17 bits per heavy atom. The molecule has 1 atom stereocenters. The maximum absolute atomic E-state index is 13.0. The molecule has 1 aliphatic rings. The van der Waals surface area contributed by atoms with E-state index in [9.17, 15) is 21.6 Å². The van der Waals surface area contributed by atoms with Crippen molar-refractivity contribution in [2.24, 2.45) is 16.0 Å². The van der Waals surface area contributed by atoms with Gasteiger partial charge in [-0.05, 0) is 61.2 Å². The molecule has 0 aliphatic carbocycles. The highest BCUT2D eigenvalue weighted by Crippen LogP contribution is 2.24. The Labute approximate surface area is 208 Å². The summed E-state index contributed by atoms with van der Waals surface area (Å²) in [4.78, 5) is 17.6. The highest BCUT2D eigenvalue weighted by Gasteiger charge is 2.28. The number of rotatable bonds is 6. The molecule has 2 aromatic carbocycles. The Hall–Kier alpha value is -2.64. The molecule has 1 aromatic heterocycles. The Balaban J connectivity index is 1.67. The molecule has 4 rings (SSSR count). The van der Waals surface area contributed by atoms with Gasteiger partial charge in [-0.3, -0.25) is 4.79 Å². The standard InChI is InChI=1S/C23H26N4O5S3/c1-3-12-27-20-11-10-19(34(24,29)30)14-21(20)33-23(27)25-22(28)17-6-8-18(9-7-17)35(31,32)26-13-4-5-16(2)15-26/h3,6-11,14,16H,1,4-5,12-13,15H2,2H3,(H2,24,29,30)/t16-/m1/s1. The van der Waals surface area contributed by atoms with Crippen LogP contribution in [0.5, 0.6) is 0 Å². The first-order chi connectivity index (χ1) is 16.5. The predicted octanol–water partition coefficient (Wildman–Crippen LogP) is 2.70. The molecule has 0 spiro atoms. The molecule has 0 bridgehead atoms. The van der Waals surface area contributed by atoms with E-state index in [2.05, 4.69) is 11.6 Å². The second-order valence-corrected chi connectivity index (χ2v) is 13.0. The lowest BCUT2D eigenvalue weighted by Crippen LogP contribution is -2.39. The summed E-state index contributed by atoms with van der Waals surface area (Å²) in [5.74, 6) is -0.237. The van der Waals surface area contributed by atoms with Crippen LogP contribution in [-0.4, -0.2) is 44.7 Å². The van der Waals surface area contributed by atoms with E-state index in [-0.39, 0.29) is 15.4 Å². The van der Waals surface area contributed by atoms with E-state index in [4.69, 9.17) is 5.14 Å². The van der Waals surface area contributed by atoms with Crippen molar-refractivity contribution in [3.05, 3.63) is 65.5 Å². The van der Waals surface area contributed by atoms with Gasteiger partial charge < -0.3 is 4.57 Å². The van der Waals surface area contributed by atoms with E-state index in [1.54, 1.807) is 16.7 Å². The fourth-order valence-electron chi connectivity index (χ4n) is 4.06. The summed E-state index contributed by atoms with van der Waals surface area (Å²) in [6.45, 7) is 7.10. The number of hydrogen-bond donors (Lipinski definition) is 1. The number of primary sulfonamides is 1. The van der Waals surface area contributed by atoms with Gasteiger partial charge in [0.05, 0.1) is 20.0 Å². The van der Waals surface area contributed by atoms with Crippen LogP contribution in [0.25, 0.3) is 10.2 Å². The van der Waals surface area contributed by atoms with Crippen molar-refractivity contribution >= 4 is 47.5 Å². The number of thiazole rings is 1. The Kier molecular flexibility index (Phi) is 7.11. The van der Waals surface area contributed by atoms with Gasteiger partial charge in [-0.25, -0.2) is 22.0 Å². The summed E-state index contributed by atoms with van der Waals surface area (Å²) in [6.07, 6.45) is 3.48. The molecule has 9 nitrogen and oxygen atoms in total. The molecule has 12 heteroatoms. The number of aromatic nitrogens is 1. The third-order valence-electron chi connectivity index (χ3n) is 5.85. The summed E-state index contributed by atoms with van der Waals surface area (Å²) in [5.41, 5.74) is 0.926. The van der Waals surface area contributed by atoms with Gasteiger partial charge in [0.1, 0.15) is 0 Å². The first-order valence-electron chi connectivity index (χ1n) is 11.0. The van der Waals surface area contributed by atoms with Crippen LogP contribution in [0.15, 0.2) is 69.9 Å². The second kappa shape index (κ2) is 9.78. The second-order valence-electron chi connectivity index (χ2n) is 8.51. The van der Waals surface area contributed by atoms with Crippen molar-refractivity contribution in [3.63, 3.8) is 0 Å². The molecular weight excluding hydrogens is 508 g/mol. The maximum Gasteiger partial charge on any atom is 0.279 e. The van der Waals surface area contributed by atoms with Crippen molar-refractivity contribution in [1.82, 2.24) is 8.87 Å². The van der Waals surface area contributed by atoms with Crippen LogP contribution < -0.4 is 9.94 Å². The van der Waals surface area contributed by atoms with Gasteiger partial charge >= 0.3 is 0 Å². The quantitative estimate of drug-likeness (QED) is 0.486. The number of nitrogens with zero attached hydrogens (tertiary/aromatic N) is 3. The number of benzene rings is 2. The zero-order valence-electron chi connectivity index (χ0n) is 19.1. The van der Waals surface area contributed by atoms with Crippen molar-refractivity contribution in [3.8, 4) is 0 Å². The average Bonchev–Trinajstić information content (AvgIpc) is 3.15. The van der Waals surface area contributed by atoms with Gasteiger partial charge in [-0.1, -0.05) is 24.3 Å².